The SMILES string of the molecule is O=C(Nc1ncc(Cc2ccc(Cl)c(C(F)(F)F)c2)s1)C1CC1. The van der Waals surface area contributed by atoms with Crippen molar-refractivity contribution in [1.82, 2.24) is 4.98 Å². The van der Waals surface area contributed by atoms with Crippen LogP contribution in [0.1, 0.15) is 28.8 Å². The molecule has 1 N–H and O–H groups in total. The summed E-state index contributed by atoms with van der Waals surface area (Å²) < 4.78 is 38.6. The molecule has 3 rings (SSSR count). The van der Waals surface area contributed by atoms with Gasteiger partial charge in [-0.05, 0) is 30.5 Å². The Morgan fingerprint density at radius 1 is 1.39 bits per heavy atom. The molecule has 1 saturated carbocycles. The third-order valence-corrected chi connectivity index (χ3v) is 4.69. The van der Waals surface area contributed by atoms with E-state index in [2.05, 4.69) is 10.3 Å². The quantitative estimate of drug-likeness (QED) is 0.854. The average molecular weight is 361 g/mol. The standard InChI is InChI=1S/C15H12ClF3N2OS/c16-12-4-1-8(6-11(12)15(17,18)19)5-10-7-20-14(23-10)21-13(22)9-2-3-9/h1,4,6-7,9H,2-3,5H2,(H,20,21,22). The Morgan fingerprint density at radius 2 is 2.13 bits per heavy atom. The first kappa shape index (κ1) is 16.3. The van der Waals surface area contributed by atoms with Crippen LogP contribution in [0, 0.1) is 5.92 Å². The average Bonchev–Trinajstić information content (AvgIpc) is 3.23. The maximum absolute atomic E-state index is 12.9. The number of halogens is 4. The van der Waals surface area contributed by atoms with Gasteiger partial charge in [-0.25, -0.2) is 4.98 Å². The lowest BCUT2D eigenvalue weighted by Gasteiger charge is -2.10. The highest BCUT2D eigenvalue weighted by molar-refractivity contribution is 7.15. The predicted molar refractivity (Wildman–Crippen MR) is 82.7 cm³/mol. The van der Waals surface area contributed by atoms with Crippen LogP contribution in [0.4, 0.5) is 18.3 Å². The molecular formula is C15H12ClF3N2OS. The van der Waals surface area contributed by atoms with Crippen molar-refractivity contribution in [3.63, 3.8) is 0 Å². The monoisotopic (exact) mass is 360 g/mol. The first-order chi connectivity index (χ1) is 10.8. The summed E-state index contributed by atoms with van der Waals surface area (Å²) in [6.07, 6.45) is -0.819. The first-order valence-electron chi connectivity index (χ1n) is 6.94. The highest BCUT2D eigenvalue weighted by Gasteiger charge is 2.33. The molecule has 0 atom stereocenters. The van der Waals surface area contributed by atoms with E-state index in [1.165, 1.54) is 17.4 Å². The second kappa shape index (κ2) is 6.13. The number of anilines is 1. The van der Waals surface area contributed by atoms with Crippen molar-refractivity contribution in [1.29, 1.82) is 0 Å². The molecule has 1 fully saturated rings. The number of aromatic nitrogens is 1. The van der Waals surface area contributed by atoms with Gasteiger partial charge in [0.05, 0.1) is 10.6 Å². The fraction of sp³-hybridized carbons (Fsp3) is 0.333. The number of nitrogens with zero attached hydrogens (tertiary/aromatic N) is 1. The van der Waals surface area contributed by atoms with Crippen LogP contribution < -0.4 is 5.32 Å². The summed E-state index contributed by atoms with van der Waals surface area (Å²) in [5.41, 5.74) is -0.353. The van der Waals surface area contributed by atoms with E-state index in [0.29, 0.717) is 17.1 Å². The number of hydrogen-bond acceptors (Lipinski definition) is 3. The van der Waals surface area contributed by atoms with E-state index < -0.39 is 11.7 Å². The van der Waals surface area contributed by atoms with Crippen molar-refractivity contribution < 1.29 is 18.0 Å². The normalized spacial score (nSPS) is 14.8. The minimum atomic E-state index is -4.48. The number of carbonyl (C=O) groups is 1. The fourth-order valence-electron chi connectivity index (χ4n) is 2.10. The summed E-state index contributed by atoms with van der Waals surface area (Å²) >= 11 is 6.87. The van der Waals surface area contributed by atoms with Gasteiger partial charge in [-0.2, -0.15) is 13.2 Å². The summed E-state index contributed by atoms with van der Waals surface area (Å²) in [6, 6.07) is 3.85. The summed E-state index contributed by atoms with van der Waals surface area (Å²) in [6.45, 7) is 0. The Labute approximate surface area is 139 Å². The van der Waals surface area contributed by atoms with E-state index in [4.69, 9.17) is 11.6 Å². The second-order valence-corrected chi connectivity index (χ2v) is 6.91. The lowest BCUT2D eigenvalue weighted by atomic mass is 10.1. The molecule has 1 aliphatic carbocycles. The molecule has 0 saturated heterocycles. The molecule has 0 aliphatic heterocycles. The van der Waals surface area contributed by atoms with Gasteiger partial charge in [0, 0.05) is 23.4 Å². The van der Waals surface area contributed by atoms with Gasteiger partial charge in [-0.3, -0.25) is 4.79 Å². The summed E-state index contributed by atoms with van der Waals surface area (Å²) in [4.78, 5) is 16.5. The van der Waals surface area contributed by atoms with Crippen molar-refractivity contribution >= 4 is 34.0 Å². The van der Waals surface area contributed by atoms with Crippen molar-refractivity contribution in [3.05, 3.63) is 45.4 Å². The van der Waals surface area contributed by atoms with Gasteiger partial charge in [0.1, 0.15) is 0 Å². The van der Waals surface area contributed by atoms with Gasteiger partial charge >= 0.3 is 6.18 Å². The zero-order valence-electron chi connectivity index (χ0n) is 11.8. The van der Waals surface area contributed by atoms with Crippen molar-refractivity contribution in [2.45, 2.75) is 25.4 Å². The van der Waals surface area contributed by atoms with Crippen molar-refractivity contribution in [2.24, 2.45) is 5.92 Å². The minimum absolute atomic E-state index is 0.0447. The van der Waals surface area contributed by atoms with Gasteiger partial charge in [-0.1, -0.05) is 17.7 Å². The van der Waals surface area contributed by atoms with Gasteiger partial charge < -0.3 is 5.32 Å². The Bertz CT molecular complexity index is 741. The van der Waals surface area contributed by atoms with Crippen LogP contribution in [-0.4, -0.2) is 10.9 Å². The number of hydrogen-bond donors (Lipinski definition) is 1. The number of benzene rings is 1. The predicted octanol–water partition coefficient (Wildman–Crippen LogP) is 4.75. The Morgan fingerprint density at radius 3 is 2.78 bits per heavy atom. The van der Waals surface area contributed by atoms with Gasteiger partial charge in [0.25, 0.3) is 0 Å². The summed E-state index contributed by atoms with van der Waals surface area (Å²) in [5.74, 6) is 0.0321. The van der Waals surface area contributed by atoms with E-state index in [-0.39, 0.29) is 16.8 Å². The van der Waals surface area contributed by atoms with E-state index in [0.717, 1.165) is 23.8 Å². The first-order valence-corrected chi connectivity index (χ1v) is 8.13. The lowest BCUT2D eigenvalue weighted by molar-refractivity contribution is -0.137. The van der Waals surface area contributed by atoms with E-state index in [1.54, 1.807) is 12.3 Å². The molecule has 8 heteroatoms. The van der Waals surface area contributed by atoms with Crippen molar-refractivity contribution in [3.8, 4) is 0 Å². The van der Waals surface area contributed by atoms with E-state index >= 15 is 0 Å². The molecule has 0 bridgehead atoms. The molecule has 2 aromatic rings. The topological polar surface area (TPSA) is 42.0 Å². The largest absolute Gasteiger partial charge is 0.417 e. The van der Waals surface area contributed by atoms with Crippen molar-refractivity contribution in [2.75, 3.05) is 5.32 Å². The molecular weight excluding hydrogens is 349 g/mol. The second-order valence-electron chi connectivity index (χ2n) is 5.38. The lowest BCUT2D eigenvalue weighted by Crippen LogP contribution is -2.12. The zero-order chi connectivity index (χ0) is 16.6. The van der Waals surface area contributed by atoms with Gasteiger partial charge in [0.2, 0.25) is 5.91 Å². The molecule has 3 nitrogen and oxygen atoms in total. The van der Waals surface area contributed by atoms with E-state index in [9.17, 15) is 18.0 Å². The molecule has 1 heterocycles. The number of thiazole rings is 1. The Hall–Kier alpha value is -1.60. The molecule has 1 aliphatic rings. The third-order valence-electron chi connectivity index (χ3n) is 3.45. The number of alkyl halides is 3. The van der Waals surface area contributed by atoms with E-state index in [1.807, 2.05) is 0 Å². The molecule has 0 spiro atoms. The molecule has 23 heavy (non-hydrogen) atoms. The fourth-order valence-corrected chi connectivity index (χ4v) is 3.18. The molecule has 1 aromatic heterocycles. The molecule has 0 radical (unpaired) electrons. The zero-order valence-corrected chi connectivity index (χ0v) is 13.4. The van der Waals surface area contributed by atoms with Crippen LogP contribution in [0.15, 0.2) is 24.4 Å². The highest BCUT2D eigenvalue weighted by atomic mass is 35.5. The maximum Gasteiger partial charge on any atom is 0.417 e. The Balaban J connectivity index is 1.72. The summed E-state index contributed by atoms with van der Waals surface area (Å²) in [5, 5.41) is 2.88. The molecule has 122 valence electrons. The molecule has 1 aromatic carbocycles. The smallest absolute Gasteiger partial charge is 0.302 e. The number of nitrogens with one attached hydrogen (secondary N) is 1. The minimum Gasteiger partial charge on any atom is -0.302 e. The van der Waals surface area contributed by atoms with Gasteiger partial charge in [0.15, 0.2) is 5.13 Å². The van der Waals surface area contributed by atoms with Crippen LogP contribution in [0.2, 0.25) is 5.02 Å². The number of rotatable bonds is 4. The van der Waals surface area contributed by atoms with Crippen LogP contribution in [0.25, 0.3) is 0 Å². The Kier molecular flexibility index (Phi) is 4.33. The highest BCUT2D eigenvalue weighted by Crippen LogP contribution is 2.36. The van der Waals surface area contributed by atoms with Crippen LogP contribution >= 0.6 is 22.9 Å². The number of carbonyl (C=O) groups excluding carboxylic acids is 1. The third kappa shape index (κ3) is 4.03. The summed E-state index contributed by atoms with van der Waals surface area (Å²) in [7, 11) is 0. The molecule has 1 amide bonds. The van der Waals surface area contributed by atoms with Crippen LogP contribution in [-0.2, 0) is 17.4 Å². The van der Waals surface area contributed by atoms with Gasteiger partial charge in [-0.15, -0.1) is 11.3 Å². The maximum atomic E-state index is 12.9. The van der Waals surface area contributed by atoms with Crippen LogP contribution in [0.3, 0.4) is 0 Å². The number of amides is 1. The van der Waals surface area contributed by atoms with Crippen LogP contribution in [0.5, 0.6) is 0 Å². The molecule has 0 unspecified atom stereocenters.